The smallest absolute Gasteiger partial charge is 0.272 e. The summed E-state index contributed by atoms with van der Waals surface area (Å²) in [5, 5.41) is 25.4. The molecular formula is C23H30N6O3S. The van der Waals surface area contributed by atoms with Gasteiger partial charge in [0.05, 0.1) is 36.4 Å². The fourth-order valence-corrected chi connectivity index (χ4v) is 5.28. The maximum absolute atomic E-state index is 13.1. The number of aromatic nitrogens is 2. The zero-order valence-corrected chi connectivity index (χ0v) is 19.5. The minimum atomic E-state index is -0.639. The molecule has 1 unspecified atom stereocenters. The van der Waals surface area contributed by atoms with Crippen LogP contribution in [-0.4, -0.2) is 66.2 Å². The number of benzene rings is 1. The quantitative estimate of drug-likeness (QED) is 0.528. The predicted molar refractivity (Wildman–Crippen MR) is 130 cm³/mol. The summed E-state index contributed by atoms with van der Waals surface area (Å²) in [5.74, 6) is -0.169. The standard InChI is InChI=1S/C23H30N6O3S/c1-23(31)4-6-29(7-5-23)20-12-17(28-8-10-32-11-9-28)2-3-18(20)26-21(30)19-15-33-22(27-19)16-13-24-25-14-16/h2-3,12-15,22,27,31H,4-11H2,1H3,(H,24,25)(H,26,30). The molecule has 3 aliphatic heterocycles. The third-order valence-electron chi connectivity index (χ3n) is 6.46. The number of carbonyl (C=O) groups excluding carboxylic acids is 1. The van der Waals surface area contributed by atoms with Crippen molar-refractivity contribution < 1.29 is 14.6 Å². The highest BCUT2D eigenvalue weighted by Gasteiger charge is 2.30. The molecule has 0 saturated carbocycles. The Balaban J connectivity index is 1.35. The van der Waals surface area contributed by atoms with E-state index in [1.807, 2.05) is 24.6 Å². The minimum absolute atomic E-state index is 0.0306. The second-order valence-electron chi connectivity index (χ2n) is 8.96. The lowest BCUT2D eigenvalue weighted by atomic mass is 9.93. The number of nitrogens with one attached hydrogen (secondary N) is 3. The highest BCUT2D eigenvalue weighted by Crippen LogP contribution is 2.37. The van der Waals surface area contributed by atoms with Crippen LogP contribution in [0.4, 0.5) is 17.1 Å². The molecule has 2 saturated heterocycles. The molecule has 1 atom stereocenters. The number of hydrogen-bond donors (Lipinski definition) is 4. The van der Waals surface area contributed by atoms with Crippen LogP contribution in [0.15, 0.2) is 41.7 Å². The molecule has 4 N–H and O–H groups in total. The predicted octanol–water partition coefficient (Wildman–Crippen LogP) is 2.41. The number of aromatic amines is 1. The Hall–Kier alpha value is -2.69. The topological polar surface area (TPSA) is 106 Å². The number of rotatable bonds is 5. The van der Waals surface area contributed by atoms with Gasteiger partial charge in [-0.05, 0) is 38.0 Å². The molecule has 3 aliphatic rings. The van der Waals surface area contributed by atoms with Gasteiger partial charge >= 0.3 is 0 Å². The Morgan fingerprint density at radius 1 is 1.24 bits per heavy atom. The summed E-state index contributed by atoms with van der Waals surface area (Å²) in [5.41, 5.74) is 3.78. The van der Waals surface area contributed by atoms with Crippen molar-refractivity contribution in [2.24, 2.45) is 0 Å². The lowest BCUT2D eigenvalue weighted by Gasteiger charge is -2.38. The first kappa shape index (κ1) is 22.1. The number of anilines is 3. The number of nitrogens with zero attached hydrogens (tertiary/aromatic N) is 3. The maximum Gasteiger partial charge on any atom is 0.272 e. The summed E-state index contributed by atoms with van der Waals surface area (Å²) < 4.78 is 5.50. The molecule has 4 heterocycles. The molecule has 0 spiro atoms. The van der Waals surface area contributed by atoms with Gasteiger partial charge in [0.15, 0.2) is 0 Å². The number of hydrogen-bond acceptors (Lipinski definition) is 8. The molecule has 33 heavy (non-hydrogen) atoms. The molecule has 5 rings (SSSR count). The molecule has 0 aliphatic carbocycles. The summed E-state index contributed by atoms with van der Waals surface area (Å²) in [7, 11) is 0. The molecule has 1 amide bonds. The van der Waals surface area contributed by atoms with Gasteiger partial charge in [-0.15, -0.1) is 11.8 Å². The molecule has 2 aromatic rings. The highest BCUT2D eigenvalue weighted by atomic mass is 32.2. The fraction of sp³-hybridized carbons (Fsp3) is 0.478. The van der Waals surface area contributed by atoms with E-state index in [1.165, 1.54) is 0 Å². The van der Waals surface area contributed by atoms with E-state index in [-0.39, 0.29) is 11.3 Å². The normalized spacial score (nSPS) is 22.6. The third kappa shape index (κ3) is 4.97. The molecule has 10 heteroatoms. The first-order valence-corrected chi connectivity index (χ1v) is 12.3. The summed E-state index contributed by atoms with van der Waals surface area (Å²) in [4.78, 5) is 17.7. The Morgan fingerprint density at radius 3 is 2.76 bits per heavy atom. The maximum atomic E-state index is 13.1. The van der Waals surface area contributed by atoms with Gasteiger partial charge in [0.25, 0.3) is 5.91 Å². The van der Waals surface area contributed by atoms with Crippen molar-refractivity contribution in [3.63, 3.8) is 0 Å². The van der Waals surface area contributed by atoms with Crippen LogP contribution in [0.3, 0.4) is 0 Å². The number of ether oxygens (including phenoxy) is 1. The average Bonchev–Trinajstić information content (AvgIpc) is 3.52. The van der Waals surface area contributed by atoms with Crippen molar-refractivity contribution in [1.82, 2.24) is 15.5 Å². The van der Waals surface area contributed by atoms with Gasteiger partial charge in [-0.2, -0.15) is 5.10 Å². The van der Waals surface area contributed by atoms with Crippen LogP contribution in [0.25, 0.3) is 0 Å². The number of thioether (sulfide) groups is 1. The van der Waals surface area contributed by atoms with Crippen LogP contribution in [0.5, 0.6) is 0 Å². The molecular weight excluding hydrogens is 440 g/mol. The van der Waals surface area contributed by atoms with Crippen LogP contribution < -0.4 is 20.4 Å². The lowest BCUT2D eigenvalue weighted by Crippen LogP contribution is -2.43. The van der Waals surface area contributed by atoms with Crippen molar-refractivity contribution in [3.05, 3.63) is 47.3 Å². The molecule has 9 nitrogen and oxygen atoms in total. The highest BCUT2D eigenvalue weighted by molar-refractivity contribution is 8.02. The van der Waals surface area contributed by atoms with Crippen molar-refractivity contribution in [2.45, 2.75) is 30.7 Å². The van der Waals surface area contributed by atoms with E-state index in [0.29, 0.717) is 18.5 Å². The zero-order chi connectivity index (χ0) is 22.8. The Labute approximate surface area is 197 Å². The van der Waals surface area contributed by atoms with E-state index in [2.05, 4.69) is 42.8 Å². The number of amides is 1. The van der Waals surface area contributed by atoms with Crippen LogP contribution in [-0.2, 0) is 9.53 Å². The molecule has 1 aromatic heterocycles. The third-order valence-corrected chi connectivity index (χ3v) is 7.50. The van der Waals surface area contributed by atoms with Crippen LogP contribution in [0.2, 0.25) is 0 Å². The van der Waals surface area contributed by atoms with E-state index in [1.54, 1.807) is 18.0 Å². The summed E-state index contributed by atoms with van der Waals surface area (Å²) in [6.45, 7) is 6.51. The number of piperidine rings is 1. The summed E-state index contributed by atoms with van der Waals surface area (Å²) in [6, 6.07) is 6.20. The molecule has 1 aromatic carbocycles. The second kappa shape index (κ2) is 9.28. The van der Waals surface area contributed by atoms with Crippen LogP contribution >= 0.6 is 11.8 Å². The SMILES string of the molecule is CC1(O)CCN(c2cc(N3CCOCC3)ccc2NC(=O)C2=CSC(c3cn[nH]c3)N2)CC1. The van der Waals surface area contributed by atoms with Crippen molar-refractivity contribution in [3.8, 4) is 0 Å². The molecule has 176 valence electrons. The van der Waals surface area contributed by atoms with Crippen LogP contribution in [0, 0.1) is 0 Å². The zero-order valence-electron chi connectivity index (χ0n) is 18.7. The van der Waals surface area contributed by atoms with E-state index in [9.17, 15) is 9.90 Å². The Morgan fingerprint density at radius 2 is 2.03 bits per heavy atom. The summed E-state index contributed by atoms with van der Waals surface area (Å²) >= 11 is 1.55. The lowest BCUT2D eigenvalue weighted by molar-refractivity contribution is -0.113. The summed E-state index contributed by atoms with van der Waals surface area (Å²) in [6.07, 6.45) is 4.97. The van der Waals surface area contributed by atoms with E-state index in [4.69, 9.17) is 4.74 Å². The fourth-order valence-electron chi connectivity index (χ4n) is 4.36. The van der Waals surface area contributed by atoms with E-state index in [0.717, 1.165) is 62.0 Å². The van der Waals surface area contributed by atoms with Gasteiger partial charge in [-0.25, -0.2) is 0 Å². The van der Waals surface area contributed by atoms with Gasteiger partial charge in [-0.1, -0.05) is 0 Å². The van der Waals surface area contributed by atoms with Gasteiger partial charge in [0.2, 0.25) is 0 Å². The van der Waals surface area contributed by atoms with Gasteiger partial charge in [-0.3, -0.25) is 9.89 Å². The minimum Gasteiger partial charge on any atom is -0.390 e. The van der Waals surface area contributed by atoms with E-state index >= 15 is 0 Å². The van der Waals surface area contributed by atoms with Gasteiger partial charge in [0, 0.05) is 49.0 Å². The molecule has 0 bridgehead atoms. The van der Waals surface area contributed by atoms with Crippen molar-refractivity contribution >= 4 is 34.7 Å². The van der Waals surface area contributed by atoms with Crippen LogP contribution in [0.1, 0.15) is 30.7 Å². The number of H-pyrrole nitrogens is 1. The second-order valence-corrected chi connectivity index (χ2v) is 9.94. The molecule has 0 radical (unpaired) electrons. The van der Waals surface area contributed by atoms with Gasteiger partial charge in [0.1, 0.15) is 11.1 Å². The number of carbonyl (C=O) groups is 1. The number of aliphatic hydroxyl groups is 1. The monoisotopic (exact) mass is 470 g/mol. The van der Waals surface area contributed by atoms with Gasteiger partial charge < -0.3 is 30.3 Å². The average molecular weight is 471 g/mol. The van der Waals surface area contributed by atoms with Crippen molar-refractivity contribution in [2.75, 3.05) is 54.5 Å². The largest absolute Gasteiger partial charge is 0.390 e. The Bertz CT molecular complexity index is 1010. The first-order chi connectivity index (χ1) is 16.0. The first-order valence-electron chi connectivity index (χ1n) is 11.3. The Kier molecular flexibility index (Phi) is 6.22. The van der Waals surface area contributed by atoms with Crippen molar-refractivity contribution in [1.29, 1.82) is 0 Å². The van der Waals surface area contributed by atoms with E-state index < -0.39 is 5.60 Å². The number of morpholine rings is 1. The molecule has 2 fully saturated rings.